The maximum atomic E-state index is 6.15. The van der Waals surface area contributed by atoms with E-state index in [0.29, 0.717) is 5.02 Å². The molecule has 1 unspecified atom stereocenters. The molecule has 1 aromatic carbocycles. The number of alkyl halides is 1. The molecule has 1 heterocycles. The lowest BCUT2D eigenvalue weighted by molar-refractivity contribution is 1.23. The molecule has 0 amide bonds. The van der Waals surface area contributed by atoms with Gasteiger partial charge in [0.05, 0.1) is 8.61 Å². The lowest BCUT2D eigenvalue weighted by Crippen LogP contribution is -1.90. The van der Waals surface area contributed by atoms with E-state index in [1.807, 2.05) is 18.2 Å². The largest absolute Gasteiger partial charge is 0.132 e. The minimum absolute atomic E-state index is 0.0787. The summed E-state index contributed by atoms with van der Waals surface area (Å²) in [6, 6.07) is 9.57. The van der Waals surface area contributed by atoms with E-state index in [-0.39, 0.29) is 4.83 Å². The molecular formula is C11H6Br2Cl2S. The Labute approximate surface area is 125 Å². The van der Waals surface area contributed by atoms with Crippen molar-refractivity contribution in [3.8, 4) is 0 Å². The van der Waals surface area contributed by atoms with Crippen LogP contribution in [0, 0.1) is 0 Å². The fourth-order valence-corrected chi connectivity index (χ4v) is 4.10. The maximum Gasteiger partial charge on any atom is 0.0753 e. The van der Waals surface area contributed by atoms with Crippen LogP contribution in [-0.2, 0) is 0 Å². The third-order valence-electron chi connectivity index (χ3n) is 2.07. The zero-order valence-electron chi connectivity index (χ0n) is 7.88. The van der Waals surface area contributed by atoms with Crippen LogP contribution in [0.5, 0.6) is 0 Å². The summed E-state index contributed by atoms with van der Waals surface area (Å²) in [5.41, 5.74) is 0.989. The van der Waals surface area contributed by atoms with Gasteiger partial charge in [0.1, 0.15) is 0 Å². The Balaban J connectivity index is 2.40. The molecule has 2 rings (SSSR count). The van der Waals surface area contributed by atoms with Gasteiger partial charge in [0, 0.05) is 14.9 Å². The van der Waals surface area contributed by atoms with Crippen LogP contribution in [-0.4, -0.2) is 0 Å². The summed E-state index contributed by atoms with van der Waals surface area (Å²) in [5.74, 6) is 0. The van der Waals surface area contributed by atoms with E-state index in [2.05, 4.69) is 37.9 Å². The first kappa shape index (κ1) is 12.9. The molecule has 0 aliphatic rings. The average Bonchev–Trinajstić information content (AvgIpc) is 2.67. The van der Waals surface area contributed by atoms with E-state index in [9.17, 15) is 0 Å². The topological polar surface area (TPSA) is 0 Å². The molecule has 0 radical (unpaired) electrons. The Hall–Kier alpha value is 0.460. The maximum absolute atomic E-state index is 6.15. The van der Waals surface area contributed by atoms with E-state index >= 15 is 0 Å². The van der Waals surface area contributed by atoms with Crippen LogP contribution in [0.1, 0.15) is 15.3 Å². The fraction of sp³-hybridized carbons (Fsp3) is 0.0909. The second-order valence-electron chi connectivity index (χ2n) is 3.17. The van der Waals surface area contributed by atoms with E-state index in [1.165, 1.54) is 4.88 Å². The third kappa shape index (κ3) is 2.82. The lowest BCUT2D eigenvalue weighted by Gasteiger charge is -2.10. The van der Waals surface area contributed by atoms with Crippen LogP contribution in [0.4, 0.5) is 0 Å². The van der Waals surface area contributed by atoms with Crippen LogP contribution in [0.25, 0.3) is 0 Å². The summed E-state index contributed by atoms with van der Waals surface area (Å²) in [6.07, 6.45) is 0. The van der Waals surface area contributed by atoms with Crippen molar-refractivity contribution in [1.29, 1.82) is 0 Å². The molecule has 84 valence electrons. The second kappa shape index (κ2) is 5.40. The van der Waals surface area contributed by atoms with Gasteiger partial charge in [0.25, 0.3) is 0 Å². The summed E-state index contributed by atoms with van der Waals surface area (Å²) >= 11 is 20.9. The first-order valence-corrected chi connectivity index (χ1v) is 7.70. The minimum Gasteiger partial charge on any atom is -0.132 e. The quantitative estimate of drug-likeness (QED) is 0.519. The molecule has 0 saturated carbocycles. The number of rotatable bonds is 2. The van der Waals surface area contributed by atoms with Gasteiger partial charge in [-0.15, -0.1) is 11.3 Å². The number of halogens is 4. The molecule has 2 aromatic rings. The molecule has 5 heteroatoms. The van der Waals surface area contributed by atoms with Crippen molar-refractivity contribution in [3.63, 3.8) is 0 Å². The van der Waals surface area contributed by atoms with Gasteiger partial charge in [-0.25, -0.2) is 0 Å². The van der Waals surface area contributed by atoms with Gasteiger partial charge in [-0.3, -0.25) is 0 Å². The van der Waals surface area contributed by atoms with Crippen molar-refractivity contribution in [2.24, 2.45) is 0 Å². The molecule has 0 aliphatic carbocycles. The molecule has 0 spiro atoms. The number of benzene rings is 1. The van der Waals surface area contributed by atoms with Gasteiger partial charge < -0.3 is 0 Å². The summed E-state index contributed by atoms with van der Waals surface area (Å²) in [7, 11) is 0. The fourth-order valence-electron chi connectivity index (χ4n) is 1.33. The molecule has 1 atom stereocenters. The molecule has 0 N–H and O–H groups in total. The summed E-state index contributed by atoms with van der Waals surface area (Å²) in [6.45, 7) is 0. The molecule has 0 bridgehead atoms. The van der Waals surface area contributed by atoms with Crippen molar-refractivity contribution in [3.05, 3.63) is 54.6 Å². The summed E-state index contributed by atoms with van der Waals surface area (Å²) in [5, 5.41) is 1.41. The van der Waals surface area contributed by atoms with Gasteiger partial charge in [0.15, 0.2) is 0 Å². The van der Waals surface area contributed by atoms with Crippen LogP contribution in [0.3, 0.4) is 0 Å². The van der Waals surface area contributed by atoms with Crippen LogP contribution >= 0.6 is 66.4 Å². The van der Waals surface area contributed by atoms with Crippen molar-refractivity contribution in [2.75, 3.05) is 0 Å². The Morgan fingerprint density at radius 2 is 1.88 bits per heavy atom. The Bertz CT molecular complexity index is 510. The summed E-state index contributed by atoms with van der Waals surface area (Å²) < 4.78 is 1.10. The van der Waals surface area contributed by atoms with E-state index in [1.54, 1.807) is 17.4 Å². The molecule has 0 aliphatic heterocycles. The first-order valence-electron chi connectivity index (χ1n) is 4.42. The van der Waals surface area contributed by atoms with Crippen molar-refractivity contribution >= 4 is 66.4 Å². The van der Waals surface area contributed by atoms with Gasteiger partial charge in [-0.05, 0) is 51.8 Å². The van der Waals surface area contributed by atoms with E-state index in [4.69, 9.17) is 23.2 Å². The zero-order chi connectivity index (χ0) is 11.7. The van der Waals surface area contributed by atoms with Crippen LogP contribution in [0.2, 0.25) is 10.0 Å². The Morgan fingerprint density at radius 3 is 2.50 bits per heavy atom. The van der Waals surface area contributed by atoms with Crippen molar-refractivity contribution in [1.82, 2.24) is 0 Å². The molecule has 0 nitrogen and oxygen atoms in total. The van der Waals surface area contributed by atoms with Gasteiger partial charge in [-0.1, -0.05) is 39.1 Å². The van der Waals surface area contributed by atoms with Gasteiger partial charge in [-0.2, -0.15) is 0 Å². The highest BCUT2D eigenvalue weighted by molar-refractivity contribution is 9.11. The highest BCUT2D eigenvalue weighted by atomic mass is 79.9. The monoisotopic (exact) mass is 398 g/mol. The van der Waals surface area contributed by atoms with E-state index in [0.717, 1.165) is 14.4 Å². The zero-order valence-corrected chi connectivity index (χ0v) is 13.4. The number of thiophene rings is 1. The summed E-state index contributed by atoms with van der Waals surface area (Å²) in [4.78, 5) is 1.27. The smallest absolute Gasteiger partial charge is 0.0753 e. The molecule has 0 saturated heterocycles. The molecular weight excluding hydrogens is 395 g/mol. The predicted octanol–water partition coefficient (Wildman–Crippen LogP) is 6.30. The highest BCUT2D eigenvalue weighted by Crippen LogP contribution is 2.40. The first-order chi connectivity index (χ1) is 7.58. The Kier molecular flexibility index (Phi) is 4.36. The molecule has 16 heavy (non-hydrogen) atoms. The van der Waals surface area contributed by atoms with Gasteiger partial charge >= 0.3 is 0 Å². The van der Waals surface area contributed by atoms with Crippen LogP contribution < -0.4 is 0 Å². The normalized spacial score (nSPS) is 12.8. The van der Waals surface area contributed by atoms with Crippen molar-refractivity contribution in [2.45, 2.75) is 4.83 Å². The standard InChI is InChI=1S/C11H6Br2Cl2S/c12-10-4-3-9(16-10)11(13)7-5-6(14)1-2-8(7)15/h1-5,11H. The van der Waals surface area contributed by atoms with Gasteiger partial charge in [0.2, 0.25) is 0 Å². The molecule has 1 aromatic heterocycles. The number of hydrogen-bond acceptors (Lipinski definition) is 1. The highest BCUT2D eigenvalue weighted by Gasteiger charge is 2.15. The second-order valence-corrected chi connectivity index (χ2v) is 7.42. The Morgan fingerprint density at radius 1 is 1.12 bits per heavy atom. The van der Waals surface area contributed by atoms with Crippen LogP contribution in [0.15, 0.2) is 34.1 Å². The lowest BCUT2D eigenvalue weighted by atomic mass is 10.1. The van der Waals surface area contributed by atoms with E-state index < -0.39 is 0 Å². The predicted molar refractivity (Wildman–Crippen MR) is 79.3 cm³/mol. The molecule has 0 fully saturated rings. The van der Waals surface area contributed by atoms with Crippen molar-refractivity contribution < 1.29 is 0 Å². The third-order valence-corrected chi connectivity index (χ3v) is 5.63. The SMILES string of the molecule is Clc1ccc(Cl)c(C(Br)c2ccc(Br)s2)c1. The number of hydrogen-bond donors (Lipinski definition) is 0. The average molecular weight is 401 g/mol. The minimum atomic E-state index is 0.0787.